The minimum Gasteiger partial charge on any atom is -0.377 e. The first-order valence-corrected chi connectivity index (χ1v) is 11.4. The third-order valence-corrected chi connectivity index (χ3v) is 6.66. The van der Waals surface area contributed by atoms with Gasteiger partial charge in [-0.3, -0.25) is 4.90 Å². The van der Waals surface area contributed by atoms with Crippen molar-refractivity contribution in [3.63, 3.8) is 0 Å². The van der Waals surface area contributed by atoms with Crippen molar-refractivity contribution < 1.29 is 4.74 Å². The molecular weight excluding hydrogens is 412 g/mol. The molecule has 3 nitrogen and oxygen atoms in total. The van der Waals surface area contributed by atoms with Crippen LogP contribution in [0.4, 0.5) is 5.69 Å². The van der Waals surface area contributed by atoms with Gasteiger partial charge in [-0.15, -0.1) is 0 Å². The Balaban J connectivity index is 1.55. The third-order valence-electron chi connectivity index (χ3n) is 5.92. The molecule has 2 saturated heterocycles. The number of benzene rings is 2. The fraction of sp³-hybridized carbons (Fsp3) is 0.500. The van der Waals surface area contributed by atoms with Crippen LogP contribution in [0, 0.1) is 6.92 Å². The Morgan fingerprint density at radius 2 is 1.82 bits per heavy atom. The van der Waals surface area contributed by atoms with Crippen molar-refractivity contribution in [3.8, 4) is 0 Å². The van der Waals surface area contributed by atoms with Crippen molar-refractivity contribution in [1.82, 2.24) is 4.90 Å². The van der Waals surface area contributed by atoms with E-state index in [0.717, 1.165) is 26.2 Å². The SMILES string of the molecule is Cc1ccc(CN(Cc2ccccc2N2CCCC2)CC2CCCO2)c(Br)c1. The van der Waals surface area contributed by atoms with E-state index in [4.69, 9.17) is 4.74 Å². The normalized spacial score (nSPS) is 19.7. The molecule has 0 aromatic heterocycles. The van der Waals surface area contributed by atoms with Gasteiger partial charge in [0.25, 0.3) is 0 Å². The predicted molar refractivity (Wildman–Crippen MR) is 120 cm³/mol. The summed E-state index contributed by atoms with van der Waals surface area (Å²) >= 11 is 3.78. The lowest BCUT2D eigenvalue weighted by atomic mass is 10.1. The van der Waals surface area contributed by atoms with E-state index in [1.165, 1.54) is 65.6 Å². The van der Waals surface area contributed by atoms with Crippen molar-refractivity contribution in [2.45, 2.75) is 51.8 Å². The summed E-state index contributed by atoms with van der Waals surface area (Å²) < 4.78 is 7.18. The maximum atomic E-state index is 5.97. The Hall–Kier alpha value is -1.36. The highest BCUT2D eigenvalue weighted by atomic mass is 79.9. The molecule has 0 radical (unpaired) electrons. The van der Waals surface area contributed by atoms with Gasteiger partial charge in [0.15, 0.2) is 0 Å². The van der Waals surface area contributed by atoms with Crippen LogP contribution in [-0.2, 0) is 17.8 Å². The lowest BCUT2D eigenvalue weighted by Gasteiger charge is -2.29. The molecule has 28 heavy (non-hydrogen) atoms. The number of hydrogen-bond donors (Lipinski definition) is 0. The minimum atomic E-state index is 0.364. The number of rotatable bonds is 7. The van der Waals surface area contributed by atoms with Gasteiger partial charge in [-0.2, -0.15) is 0 Å². The Morgan fingerprint density at radius 1 is 1.04 bits per heavy atom. The van der Waals surface area contributed by atoms with Crippen molar-refractivity contribution >= 4 is 21.6 Å². The van der Waals surface area contributed by atoms with Crippen LogP contribution in [0.5, 0.6) is 0 Å². The number of anilines is 1. The minimum absolute atomic E-state index is 0.364. The van der Waals surface area contributed by atoms with Crippen molar-refractivity contribution in [2.24, 2.45) is 0 Å². The lowest BCUT2D eigenvalue weighted by molar-refractivity contribution is 0.0679. The first-order valence-electron chi connectivity index (χ1n) is 10.6. The standard InChI is InChI=1S/C24H31BrN2O/c1-19-10-11-20(23(25)15-19)16-26(18-22-8-6-14-28-22)17-21-7-2-3-9-24(21)27-12-4-5-13-27/h2-3,7,9-11,15,22H,4-6,8,12-14,16-18H2,1H3. The van der Waals surface area contributed by atoms with Crippen LogP contribution in [0.15, 0.2) is 46.9 Å². The van der Waals surface area contributed by atoms with E-state index in [1.807, 2.05) is 0 Å². The number of nitrogens with zero attached hydrogens (tertiary/aromatic N) is 2. The molecule has 0 spiro atoms. The zero-order valence-electron chi connectivity index (χ0n) is 16.9. The van der Waals surface area contributed by atoms with Gasteiger partial charge < -0.3 is 9.64 Å². The van der Waals surface area contributed by atoms with E-state index >= 15 is 0 Å². The molecule has 1 atom stereocenters. The quantitative estimate of drug-likeness (QED) is 0.559. The molecule has 2 aliphatic rings. The second kappa shape index (κ2) is 9.43. The van der Waals surface area contributed by atoms with Crippen LogP contribution < -0.4 is 4.90 Å². The summed E-state index contributed by atoms with van der Waals surface area (Å²) in [7, 11) is 0. The average Bonchev–Trinajstić information content (AvgIpc) is 3.38. The van der Waals surface area contributed by atoms with E-state index in [1.54, 1.807) is 0 Å². The Kier molecular flexibility index (Phi) is 6.71. The molecule has 4 heteroatoms. The Labute approximate surface area is 177 Å². The first kappa shape index (κ1) is 19.9. The van der Waals surface area contributed by atoms with Gasteiger partial charge in [0.1, 0.15) is 0 Å². The molecule has 2 aliphatic heterocycles. The fourth-order valence-electron chi connectivity index (χ4n) is 4.43. The topological polar surface area (TPSA) is 15.7 Å². The largest absolute Gasteiger partial charge is 0.377 e. The van der Waals surface area contributed by atoms with E-state index in [-0.39, 0.29) is 0 Å². The summed E-state index contributed by atoms with van der Waals surface area (Å²) in [6.07, 6.45) is 5.36. The van der Waals surface area contributed by atoms with Gasteiger partial charge in [-0.05, 0) is 61.4 Å². The number of para-hydroxylation sites is 1. The Morgan fingerprint density at radius 3 is 2.57 bits per heavy atom. The number of aryl methyl sites for hydroxylation is 1. The molecule has 2 heterocycles. The predicted octanol–water partition coefficient (Wildman–Crippen LogP) is 5.54. The highest BCUT2D eigenvalue weighted by molar-refractivity contribution is 9.10. The summed E-state index contributed by atoms with van der Waals surface area (Å²) in [4.78, 5) is 5.13. The van der Waals surface area contributed by atoms with Gasteiger partial charge in [0.05, 0.1) is 6.10 Å². The molecule has 4 rings (SSSR count). The highest BCUT2D eigenvalue weighted by Gasteiger charge is 2.22. The monoisotopic (exact) mass is 442 g/mol. The van der Waals surface area contributed by atoms with Crippen LogP contribution in [0.1, 0.15) is 42.4 Å². The summed E-state index contributed by atoms with van der Waals surface area (Å²) in [5.74, 6) is 0. The van der Waals surface area contributed by atoms with Gasteiger partial charge in [-0.1, -0.05) is 46.3 Å². The van der Waals surface area contributed by atoms with E-state index < -0.39 is 0 Å². The van der Waals surface area contributed by atoms with E-state index in [2.05, 4.69) is 75.1 Å². The van der Waals surface area contributed by atoms with Gasteiger partial charge >= 0.3 is 0 Å². The molecule has 0 bridgehead atoms. The van der Waals surface area contributed by atoms with Crippen molar-refractivity contribution in [1.29, 1.82) is 0 Å². The van der Waals surface area contributed by atoms with Gasteiger partial charge in [0, 0.05) is 49.5 Å². The molecule has 0 N–H and O–H groups in total. The maximum absolute atomic E-state index is 5.97. The van der Waals surface area contributed by atoms with Crippen LogP contribution >= 0.6 is 15.9 Å². The third kappa shape index (κ3) is 4.97. The Bertz CT molecular complexity index is 782. The smallest absolute Gasteiger partial charge is 0.0703 e. The maximum Gasteiger partial charge on any atom is 0.0703 e. The zero-order valence-corrected chi connectivity index (χ0v) is 18.5. The molecule has 1 unspecified atom stereocenters. The van der Waals surface area contributed by atoms with Crippen molar-refractivity contribution in [2.75, 3.05) is 31.1 Å². The molecule has 150 valence electrons. The summed E-state index contributed by atoms with van der Waals surface area (Å²) in [6, 6.07) is 15.7. The van der Waals surface area contributed by atoms with Gasteiger partial charge in [-0.25, -0.2) is 0 Å². The van der Waals surface area contributed by atoms with Crippen LogP contribution in [-0.4, -0.2) is 37.2 Å². The van der Waals surface area contributed by atoms with Crippen molar-refractivity contribution in [3.05, 3.63) is 63.6 Å². The average molecular weight is 443 g/mol. The van der Waals surface area contributed by atoms with Crippen LogP contribution in [0.25, 0.3) is 0 Å². The molecule has 2 aromatic carbocycles. The number of ether oxygens (including phenoxy) is 1. The van der Waals surface area contributed by atoms with Crippen LogP contribution in [0.3, 0.4) is 0 Å². The fourth-order valence-corrected chi connectivity index (χ4v) is 5.05. The highest BCUT2D eigenvalue weighted by Crippen LogP contribution is 2.28. The summed E-state index contributed by atoms with van der Waals surface area (Å²) in [5.41, 5.74) is 5.49. The zero-order chi connectivity index (χ0) is 19.3. The molecule has 0 saturated carbocycles. The number of halogens is 1. The molecule has 0 aliphatic carbocycles. The number of hydrogen-bond acceptors (Lipinski definition) is 3. The molecular formula is C24H31BrN2O. The van der Waals surface area contributed by atoms with Crippen LogP contribution in [0.2, 0.25) is 0 Å². The molecule has 2 fully saturated rings. The van der Waals surface area contributed by atoms with E-state index in [0.29, 0.717) is 6.10 Å². The molecule has 2 aromatic rings. The molecule has 0 amide bonds. The lowest BCUT2D eigenvalue weighted by Crippen LogP contribution is -2.32. The van der Waals surface area contributed by atoms with Gasteiger partial charge in [0.2, 0.25) is 0 Å². The van der Waals surface area contributed by atoms with E-state index in [9.17, 15) is 0 Å². The first-order chi connectivity index (χ1) is 13.7. The second-order valence-corrected chi connectivity index (χ2v) is 9.08. The second-order valence-electron chi connectivity index (χ2n) is 8.22. The summed E-state index contributed by atoms with van der Waals surface area (Å²) in [6.45, 7) is 8.33. The summed E-state index contributed by atoms with van der Waals surface area (Å²) in [5, 5.41) is 0.